The van der Waals surface area contributed by atoms with Crippen LogP contribution >= 0.6 is 0 Å². The number of nitrogens with one attached hydrogen (secondary N) is 2. The topological polar surface area (TPSA) is 73.0 Å². The van der Waals surface area contributed by atoms with Crippen LogP contribution in [-0.4, -0.2) is 66.1 Å². The lowest BCUT2D eigenvalue weighted by molar-refractivity contribution is 0.312. The molecule has 2 N–H and O–H groups in total. The summed E-state index contributed by atoms with van der Waals surface area (Å²) in [6.45, 7) is 5.94. The fourth-order valence-corrected chi connectivity index (χ4v) is 3.25. The quantitative estimate of drug-likeness (QED) is 0.646. The molecule has 1 saturated heterocycles. The molecule has 0 saturated carbocycles. The van der Waals surface area contributed by atoms with Crippen LogP contribution in [0.2, 0.25) is 0 Å². The minimum absolute atomic E-state index is 0.678. The van der Waals surface area contributed by atoms with Crippen molar-refractivity contribution in [1.29, 1.82) is 0 Å². The Hall–Kier alpha value is -3.13. The van der Waals surface area contributed by atoms with E-state index in [0.717, 1.165) is 54.9 Å². The lowest BCUT2D eigenvalue weighted by Crippen LogP contribution is -2.44. The van der Waals surface area contributed by atoms with Crippen molar-refractivity contribution in [3.63, 3.8) is 0 Å². The van der Waals surface area contributed by atoms with Crippen LogP contribution in [-0.2, 0) is 0 Å². The van der Waals surface area contributed by atoms with Crippen molar-refractivity contribution < 1.29 is 0 Å². The summed E-state index contributed by atoms with van der Waals surface area (Å²) < 4.78 is 0. The highest BCUT2D eigenvalue weighted by Crippen LogP contribution is 2.21. The molecule has 4 rings (SSSR count). The standard InChI is InChI=1S/C21H26BN7/c1-15-13-20(27-26-15)24-19-14-21(29-11-9-28(2)10-12-29)25-18(23-19)8-5-16-3-6-17(22)7-4-16/h3-8,13-14H,9-12,22H2,1-2H3,(H2,23,24,25,26,27)/b8-5+. The summed E-state index contributed by atoms with van der Waals surface area (Å²) in [5, 5.41) is 10.5. The van der Waals surface area contributed by atoms with E-state index in [-0.39, 0.29) is 0 Å². The molecule has 2 aromatic heterocycles. The normalized spacial score (nSPS) is 15.2. The molecule has 3 heterocycles. The van der Waals surface area contributed by atoms with E-state index in [2.05, 4.69) is 69.5 Å². The van der Waals surface area contributed by atoms with Crippen LogP contribution in [0.4, 0.5) is 17.5 Å². The summed E-state index contributed by atoms with van der Waals surface area (Å²) in [4.78, 5) is 14.1. The van der Waals surface area contributed by atoms with Crippen molar-refractivity contribution >= 4 is 42.9 Å². The lowest BCUT2D eigenvalue weighted by Gasteiger charge is -2.33. The van der Waals surface area contributed by atoms with Gasteiger partial charge in [-0.1, -0.05) is 35.8 Å². The first kappa shape index (κ1) is 19.2. The van der Waals surface area contributed by atoms with Crippen LogP contribution in [0.25, 0.3) is 12.2 Å². The Morgan fingerprint density at radius 1 is 1.00 bits per heavy atom. The highest BCUT2D eigenvalue weighted by Gasteiger charge is 2.17. The predicted molar refractivity (Wildman–Crippen MR) is 122 cm³/mol. The molecule has 3 aromatic rings. The Morgan fingerprint density at radius 2 is 1.76 bits per heavy atom. The van der Waals surface area contributed by atoms with Gasteiger partial charge in [0.1, 0.15) is 19.5 Å². The van der Waals surface area contributed by atoms with Crippen LogP contribution in [0.15, 0.2) is 36.4 Å². The van der Waals surface area contributed by atoms with Crippen LogP contribution in [0.3, 0.4) is 0 Å². The van der Waals surface area contributed by atoms with Gasteiger partial charge in [0.15, 0.2) is 11.6 Å². The molecule has 1 aliphatic heterocycles. The van der Waals surface area contributed by atoms with E-state index < -0.39 is 0 Å². The first-order valence-corrected chi connectivity index (χ1v) is 9.91. The van der Waals surface area contributed by atoms with Gasteiger partial charge in [-0.15, -0.1) is 0 Å². The second-order valence-electron chi connectivity index (χ2n) is 7.57. The first-order valence-electron chi connectivity index (χ1n) is 9.91. The number of hydrogen-bond acceptors (Lipinski definition) is 6. The van der Waals surface area contributed by atoms with Gasteiger partial charge in [0, 0.05) is 44.0 Å². The van der Waals surface area contributed by atoms with Crippen molar-refractivity contribution in [3.8, 4) is 0 Å². The molecule has 0 unspecified atom stereocenters. The highest BCUT2D eigenvalue weighted by atomic mass is 15.3. The van der Waals surface area contributed by atoms with Gasteiger partial charge < -0.3 is 15.1 Å². The van der Waals surface area contributed by atoms with E-state index >= 15 is 0 Å². The molecule has 1 aromatic carbocycles. The smallest absolute Gasteiger partial charge is 0.156 e. The zero-order valence-corrected chi connectivity index (χ0v) is 17.2. The van der Waals surface area contributed by atoms with E-state index in [4.69, 9.17) is 4.98 Å². The molecule has 7 nitrogen and oxygen atoms in total. The highest BCUT2D eigenvalue weighted by molar-refractivity contribution is 6.32. The van der Waals surface area contributed by atoms with Crippen molar-refractivity contribution in [2.24, 2.45) is 0 Å². The Bertz CT molecular complexity index is 989. The number of aromatic amines is 1. The summed E-state index contributed by atoms with van der Waals surface area (Å²) in [7, 11) is 4.24. The third-order valence-corrected chi connectivity index (χ3v) is 5.02. The van der Waals surface area contributed by atoms with Gasteiger partial charge in [0.25, 0.3) is 0 Å². The largest absolute Gasteiger partial charge is 0.354 e. The van der Waals surface area contributed by atoms with Gasteiger partial charge in [-0.05, 0) is 25.6 Å². The molecule has 148 valence electrons. The van der Waals surface area contributed by atoms with Crippen LogP contribution in [0.5, 0.6) is 0 Å². The minimum atomic E-state index is 0.678. The number of hydrogen-bond donors (Lipinski definition) is 2. The number of likely N-dealkylation sites (N-methyl/N-ethyl adjacent to an activating group) is 1. The van der Waals surface area contributed by atoms with E-state index in [9.17, 15) is 0 Å². The maximum Gasteiger partial charge on any atom is 0.156 e. The molecule has 1 fully saturated rings. The van der Waals surface area contributed by atoms with Gasteiger partial charge in [0.2, 0.25) is 0 Å². The van der Waals surface area contributed by atoms with Gasteiger partial charge in [-0.2, -0.15) is 5.10 Å². The maximum atomic E-state index is 4.80. The zero-order chi connectivity index (χ0) is 20.2. The molecule has 0 atom stereocenters. The predicted octanol–water partition coefficient (Wildman–Crippen LogP) is 1.43. The fourth-order valence-electron chi connectivity index (χ4n) is 3.25. The molecular formula is C21H26BN7. The van der Waals surface area contributed by atoms with E-state index in [1.165, 1.54) is 5.46 Å². The molecule has 29 heavy (non-hydrogen) atoms. The molecule has 0 aliphatic carbocycles. The average molecular weight is 387 g/mol. The molecule has 0 radical (unpaired) electrons. The molecule has 0 amide bonds. The third kappa shape index (κ3) is 5.03. The number of aryl methyl sites for hydroxylation is 1. The monoisotopic (exact) mass is 387 g/mol. The van der Waals surface area contributed by atoms with Gasteiger partial charge >= 0.3 is 0 Å². The van der Waals surface area contributed by atoms with E-state index in [1.807, 2.05) is 31.2 Å². The van der Waals surface area contributed by atoms with Gasteiger partial charge in [-0.25, -0.2) is 9.97 Å². The van der Waals surface area contributed by atoms with E-state index in [1.54, 1.807) is 0 Å². The molecule has 0 spiro atoms. The molecule has 1 aliphatic rings. The summed E-state index contributed by atoms with van der Waals surface area (Å²) in [6.07, 6.45) is 4.01. The zero-order valence-electron chi connectivity index (χ0n) is 17.2. The van der Waals surface area contributed by atoms with E-state index in [0.29, 0.717) is 5.82 Å². The van der Waals surface area contributed by atoms with Gasteiger partial charge in [-0.3, -0.25) is 5.10 Å². The number of piperazine rings is 1. The van der Waals surface area contributed by atoms with Crippen molar-refractivity contribution in [1.82, 2.24) is 25.1 Å². The summed E-state index contributed by atoms with van der Waals surface area (Å²) in [5.74, 6) is 3.10. The average Bonchev–Trinajstić information content (AvgIpc) is 3.12. The summed E-state index contributed by atoms with van der Waals surface area (Å²) in [6, 6.07) is 12.4. The summed E-state index contributed by atoms with van der Waals surface area (Å²) in [5.41, 5.74) is 3.37. The maximum absolute atomic E-state index is 4.80. The molecule has 8 heteroatoms. The number of nitrogens with zero attached hydrogens (tertiary/aromatic N) is 5. The third-order valence-electron chi connectivity index (χ3n) is 5.02. The Balaban J connectivity index is 1.62. The Labute approximate surface area is 172 Å². The van der Waals surface area contributed by atoms with Crippen molar-refractivity contribution in [2.75, 3.05) is 43.4 Å². The number of H-pyrrole nitrogens is 1. The number of benzene rings is 1. The minimum Gasteiger partial charge on any atom is -0.354 e. The molecular weight excluding hydrogens is 361 g/mol. The van der Waals surface area contributed by atoms with Crippen LogP contribution in [0, 0.1) is 6.92 Å². The fraction of sp³-hybridized carbons (Fsp3) is 0.286. The number of aromatic nitrogens is 4. The lowest BCUT2D eigenvalue weighted by atomic mass is 9.95. The SMILES string of the molecule is Bc1ccc(/C=C/c2nc(Nc3cc(C)[nH]n3)cc(N3CCN(C)CC3)n2)cc1. The van der Waals surface area contributed by atoms with Crippen molar-refractivity contribution in [2.45, 2.75) is 6.92 Å². The summed E-state index contributed by atoms with van der Waals surface area (Å²) >= 11 is 0. The van der Waals surface area contributed by atoms with Gasteiger partial charge in [0.05, 0.1) is 0 Å². The second kappa shape index (κ2) is 8.49. The Kier molecular flexibility index (Phi) is 5.62. The van der Waals surface area contributed by atoms with Crippen molar-refractivity contribution in [3.05, 3.63) is 53.5 Å². The first-order chi connectivity index (χ1) is 14.0. The molecule has 0 bridgehead atoms. The second-order valence-corrected chi connectivity index (χ2v) is 7.57. The number of anilines is 3. The Morgan fingerprint density at radius 3 is 2.45 bits per heavy atom. The van der Waals surface area contributed by atoms with Crippen LogP contribution < -0.4 is 15.7 Å². The number of rotatable bonds is 5. The van der Waals surface area contributed by atoms with Crippen LogP contribution in [0.1, 0.15) is 17.1 Å².